The van der Waals surface area contributed by atoms with Gasteiger partial charge in [0.2, 0.25) is 0 Å². The highest BCUT2D eigenvalue weighted by Gasteiger charge is 2.28. The molecule has 1 unspecified atom stereocenters. The van der Waals surface area contributed by atoms with Crippen LogP contribution in [-0.2, 0) is 13.0 Å². The molecule has 2 saturated heterocycles. The zero-order valence-corrected chi connectivity index (χ0v) is 12.2. The van der Waals surface area contributed by atoms with E-state index >= 15 is 0 Å². The summed E-state index contributed by atoms with van der Waals surface area (Å²) in [4.78, 5) is 7.01. The average molecular weight is 264 g/mol. The normalized spacial score (nSPS) is 26.2. The van der Waals surface area contributed by atoms with Crippen LogP contribution in [0.2, 0.25) is 0 Å². The third kappa shape index (κ3) is 2.63. The van der Waals surface area contributed by atoms with Gasteiger partial charge in [0.15, 0.2) is 0 Å². The summed E-state index contributed by atoms with van der Waals surface area (Å²) in [5.74, 6) is 0. The monoisotopic (exact) mass is 264 g/mol. The Balaban J connectivity index is 1.65. The Kier molecular flexibility index (Phi) is 4.02. The summed E-state index contributed by atoms with van der Waals surface area (Å²) in [5, 5.41) is 2.26. The molecule has 1 atom stereocenters. The molecule has 100 valence electrons. The molecule has 0 radical (unpaired) electrons. The molecule has 1 aromatic rings. The van der Waals surface area contributed by atoms with Gasteiger partial charge in [-0.1, -0.05) is 6.92 Å². The predicted molar refractivity (Wildman–Crippen MR) is 78.2 cm³/mol. The van der Waals surface area contributed by atoms with E-state index in [0.717, 1.165) is 6.04 Å². The van der Waals surface area contributed by atoms with Gasteiger partial charge < -0.3 is 0 Å². The molecule has 0 amide bonds. The van der Waals surface area contributed by atoms with Crippen molar-refractivity contribution in [3.8, 4) is 0 Å². The van der Waals surface area contributed by atoms with Gasteiger partial charge in [-0.05, 0) is 62.3 Å². The van der Waals surface area contributed by atoms with E-state index in [1.54, 1.807) is 10.4 Å². The quantitative estimate of drug-likeness (QED) is 0.828. The molecule has 3 rings (SSSR count). The molecular formula is C15H24N2S. The zero-order valence-electron chi connectivity index (χ0n) is 11.4. The average Bonchev–Trinajstić information content (AvgIpc) is 2.95. The van der Waals surface area contributed by atoms with Crippen molar-refractivity contribution in [1.82, 2.24) is 9.80 Å². The highest BCUT2D eigenvalue weighted by atomic mass is 32.1. The lowest BCUT2D eigenvalue weighted by Crippen LogP contribution is -2.36. The second kappa shape index (κ2) is 5.72. The Morgan fingerprint density at radius 3 is 3.06 bits per heavy atom. The predicted octanol–water partition coefficient (Wildman–Crippen LogP) is 2.98. The van der Waals surface area contributed by atoms with Crippen LogP contribution in [0.4, 0.5) is 0 Å². The van der Waals surface area contributed by atoms with Gasteiger partial charge in [-0.3, -0.25) is 9.80 Å². The number of hydrogen-bond acceptors (Lipinski definition) is 3. The number of rotatable bonds is 3. The van der Waals surface area contributed by atoms with Crippen LogP contribution >= 0.6 is 11.3 Å². The summed E-state index contributed by atoms with van der Waals surface area (Å²) in [6.07, 6.45) is 5.37. The van der Waals surface area contributed by atoms with Crippen LogP contribution in [0.15, 0.2) is 11.4 Å². The second-order valence-electron chi connectivity index (χ2n) is 5.64. The topological polar surface area (TPSA) is 6.48 Å². The molecule has 2 nitrogen and oxygen atoms in total. The third-order valence-electron chi connectivity index (χ3n) is 4.47. The smallest absolute Gasteiger partial charge is 0.0331 e. The zero-order chi connectivity index (χ0) is 12.4. The first-order valence-electron chi connectivity index (χ1n) is 7.38. The first kappa shape index (κ1) is 12.6. The molecule has 2 aliphatic heterocycles. The summed E-state index contributed by atoms with van der Waals surface area (Å²) in [6, 6.07) is 3.15. The Hall–Kier alpha value is -0.380. The summed E-state index contributed by atoms with van der Waals surface area (Å²) in [6.45, 7) is 8.71. The minimum absolute atomic E-state index is 0.845. The van der Waals surface area contributed by atoms with Crippen molar-refractivity contribution in [3.63, 3.8) is 0 Å². The summed E-state index contributed by atoms with van der Waals surface area (Å²) in [5.41, 5.74) is 1.56. The van der Waals surface area contributed by atoms with Crippen LogP contribution in [0, 0.1) is 0 Å². The lowest BCUT2D eigenvalue weighted by atomic mass is 10.2. The maximum atomic E-state index is 2.72. The van der Waals surface area contributed by atoms with E-state index in [9.17, 15) is 0 Å². The van der Waals surface area contributed by atoms with E-state index in [2.05, 4.69) is 28.2 Å². The van der Waals surface area contributed by atoms with Gasteiger partial charge in [0.1, 0.15) is 0 Å². The van der Waals surface area contributed by atoms with Crippen LogP contribution in [0.25, 0.3) is 0 Å². The third-order valence-corrected chi connectivity index (χ3v) is 5.42. The lowest BCUT2D eigenvalue weighted by Gasteiger charge is -2.25. The van der Waals surface area contributed by atoms with Gasteiger partial charge in [0.25, 0.3) is 0 Å². The van der Waals surface area contributed by atoms with Gasteiger partial charge in [-0.25, -0.2) is 0 Å². The number of fused-ring (bicyclic) bond motifs is 1. The van der Waals surface area contributed by atoms with Crippen LogP contribution in [-0.4, -0.2) is 42.0 Å². The van der Waals surface area contributed by atoms with Crippen LogP contribution in [0.1, 0.15) is 36.6 Å². The summed E-state index contributed by atoms with van der Waals surface area (Å²) in [7, 11) is 0. The first-order chi connectivity index (χ1) is 8.86. The molecule has 3 heterocycles. The van der Waals surface area contributed by atoms with Crippen LogP contribution in [0.3, 0.4) is 0 Å². The molecule has 0 bridgehead atoms. The highest BCUT2D eigenvalue weighted by Crippen LogP contribution is 2.24. The molecule has 2 aliphatic rings. The van der Waals surface area contributed by atoms with Crippen molar-refractivity contribution >= 4 is 11.3 Å². The van der Waals surface area contributed by atoms with Crippen molar-refractivity contribution in [2.75, 3.05) is 26.2 Å². The first-order valence-corrected chi connectivity index (χ1v) is 8.26. The summed E-state index contributed by atoms with van der Waals surface area (Å²) < 4.78 is 0. The van der Waals surface area contributed by atoms with Gasteiger partial charge in [-0.15, -0.1) is 11.3 Å². The Bertz CT molecular complexity index is 388. The van der Waals surface area contributed by atoms with Crippen LogP contribution < -0.4 is 0 Å². The minimum atomic E-state index is 0.845. The molecule has 0 N–H and O–H groups in total. The van der Waals surface area contributed by atoms with Crippen molar-refractivity contribution in [1.29, 1.82) is 0 Å². The molecule has 2 fully saturated rings. The van der Waals surface area contributed by atoms with E-state index < -0.39 is 0 Å². The van der Waals surface area contributed by atoms with E-state index in [1.165, 1.54) is 58.4 Å². The second-order valence-corrected chi connectivity index (χ2v) is 6.64. The van der Waals surface area contributed by atoms with Gasteiger partial charge in [0.05, 0.1) is 0 Å². The number of thiophene rings is 1. The molecule has 0 saturated carbocycles. The largest absolute Gasteiger partial charge is 0.299 e. The van der Waals surface area contributed by atoms with Gasteiger partial charge >= 0.3 is 0 Å². The minimum Gasteiger partial charge on any atom is -0.299 e. The fourth-order valence-electron chi connectivity index (χ4n) is 3.45. The molecular weight excluding hydrogens is 240 g/mol. The number of hydrogen-bond donors (Lipinski definition) is 0. The van der Waals surface area contributed by atoms with Crippen molar-refractivity contribution in [3.05, 3.63) is 21.9 Å². The van der Waals surface area contributed by atoms with Crippen molar-refractivity contribution in [2.24, 2.45) is 0 Å². The number of nitrogens with zero attached hydrogens (tertiary/aromatic N) is 2. The Morgan fingerprint density at radius 2 is 2.17 bits per heavy atom. The Morgan fingerprint density at radius 1 is 1.28 bits per heavy atom. The van der Waals surface area contributed by atoms with Crippen molar-refractivity contribution in [2.45, 2.75) is 45.2 Å². The van der Waals surface area contributed by atoms with Crippen molar-refractivity contribution < 1.29 is 0 Å². The summed E-state index contributed by atoms with van der Waals surface area (Å²) >= 11 is 1.94. The Labute approximate surface area is 115 Å². The fraction of sp³-hybridized carbons (Fsp3) is 0.733. The van der Waals surface area contributed by atoms with E-state index in [-0.39, 0.29) is 0 Å². The molecule has 18 heavy (non-hydrogen) atoms. The molecule has 0 aliphatic carbocycles. The molecule has 0 aromatic carbocycles. The van der Waals surface area contributed by atoms with Gasteiger partial charge in [-0.2, -0.15) is 0 Å². The maximum Gasteiger partial charge on any atom is 0.0331 e. The molecule has 3 heteroatoms. The van der Waals surface area contributed by atoms with E-state index in [4.69, 9.17) is 0 Å². The van der Waals surface area contributed by atoms with E-state index in [0.29, 0.717) is 0 Å². The SMILES string of the molecule is CCc1ccsc1CN1CCCN2CCCC2C1. The number of aryl methyl sites for hydroxylation is 1. The van der Waals surface area contributed by atoms with Crippen LogP contribution in [0.5, 0.6) is 0 Å². The molecule has 0 spiro atoms. The maximum absolute atomic E-state index is 2.72. The van der Waals surface area contributed by atoms with E-state index in [1.807, 2.05) is 11.3 Å². The fourth-order valence-corrected chi connectivity index (χ4v) is 4.47. The lowest BCUT2D eigenvalue weighted by molar-refractivity contribution is 0.216. The molecule has 1 aromatic heterocycles. The highest BCUT2D eigenvalue weighted by molar-refractivity contribution is 7.10. The van der Waals surface area contributed by atoms with Gasteiger partial charge in [0, 0.05) is 24.0 Å². The standard InChI is InChI=1S/C15H24N2S/c1-2-13-6-10-18-15(13)12-16-7-4-9-17-8-3-5-14(17)11-16/h6,10,14H,2-5,7-9,11-12H2,1H3.